The molecule has 1 aromatic rings. The molecule has 1 spiro atoms. The molecule has 1 saturated carbocycles. The summed E-state index contributed by atoms with van der Waals surface area (Å²) in [5.74, 6) is 3.31. The fourth-order valence-corrected chi connectivity index (χ4v) is 5.02. The molecule has 28 heavy (non-hydrogen) atoms. The molecule has 150 valence electrons. The van der Waals surface area contributed by atoms with Crippen molar-refractivity contribution in [2.45, 2.75) is 31.8 Å². The maximum atomic E-state index is 12.3. The Morgan fingerprint density at radius 2 is 1.71 bits per heavy atom. The monoisotopic (exact) mass is 386 g/mol. The van der Waals surface area contributed by atoms with Gasteiger partial charge in [0.25, 0.3) is 0 Å². The number of ketones is 1. The van der Waals surface area contributed by atoms with Crippen molar-refractivity contribution in [3.05, 3.63) is 41.4 Å². The number of rotatable bonds is 5. The van der Waals surface area contributed by atoms with Crippen LogP contribution in [0, 0.1) is 11.3 Å². The topological polar surface area (TPSA) is 63.2 Å². The van der Waals surface area contributed by atoms with Gasteiger partial charge in [-0.2, -0.15) is 0 Å². The molecule has 1 saturated heterocycles. The SMILES string of the molecule is COC1=C[C@]23CC(CC(c4cc(OC)c(OC)c(OC)c4)C2C)OC3=CC1=O. The van der Waals surface area contributed by atoms with Crippen molar-refractivity contribution >= 4 is 5.78 Å². The third-order valence-electron chi connectivity index (χ3n) is 6.48. The Morgan fingerprint density at radius 1 is 1.04 bits per heavy atom. The predicted octanol–water partition coefficient (Wildman–Crippen LogP) is 3.61. The molecule has 1 aromatic carbocycles. The largest absolute Gasteiger partial charge is 0.494 e. The first kappa shape index (κ1) is 18.7. The number of carbonyl (C=O) groups is 1. The van der Waals surface area contributed by atoms with E-state index in [4.69, 9.17) is 23.7 Å². The highest BCUT2D eigenvalue weighted by Crippen LogP contribution is 2.61. The maximum absolute atomic E-state index is 12.3. The average Bonchev–Trinajstić information content (AvgIpc) is 3.02. The van der Waals surface area contributed by atoms with Gasteiger partial charge >= 0.3 is 0 Å². The highest BCUT2D eigenvalue weighted by Gasteiger charge is 2.57. The minimum Gasteiger partial charge on any atom is -0.494 e. The van der Waals surface area contributed by atoms with Gasteiger partial charge in [-0.05, 0) is 42.0 Å². The summed E-state index contributed by atoms with van der Waals surface area (Å²) in [5, 5.41) is 0. The van der Waals surface area contributed by atoms with Crippen molar-refractivity contribution in [1.82, 2.24) is 0 Å². The van der Waals surface area contributed by atoms with E-state index >= 15 is 0 Å². The number of benzene rings is 1. The van der Waals surface area contributed by atoms with Crippen molar-refractivity contribution in [3.63, 3.8) is 0 Å². The zero-order valence-corrected chi connectivity index (χ0v) is 16.9. The zero-order valence-electron chi connectivity index (χ0n) is 16.9. The summed E-state index contributed by atoms with van der Waals surface area (Å²) in [4.78, 5) is 12.3. The number of hydrogen-bond acceptors (Lipinski definition) is 6. The molecule has 0 radical (unpaired) electrons. The lowest BCUT2D eigenvalue weighted by Crippen LogP contribution is -2.37. The van der Waals surface area contributed by atoms with Gasteiger partial charge in [0.1, 0.15) is 11.9 Å². The van der Waals surface area contributed by atoms with Gasteiger partial charge in [0.2, 0.25) is 11.5 Å². The Morgan fingerprint density at radius 3 is 2.29 bits per heavy atom. The van der Waals surface area contributed by atoms with Gasteiger partial charge in [-0.1, -0.05) is 6.92 Å². The first-order valence-electron chi connectivity index (χ1n) is 9.47. The van der Waals surface area contributed by atoms with Crippen LogP contribution in [0.15, 0.2) is 35.8 Å². The van der Waals surface area contributed by atoms with Gasteiger partial charge in [-0.3, -0.25) is 4.79 Å². The van der Waals surface area contributed by atoms with E-state index in [1.165, 1.54) is 7.11 Å². The summed E-state index contributed by atoms with van der Waals surface area (Å²) in [6, 6.07) is 4.03. The van der Waals surface area contributed by atoms with Gasteiger partial charge in [-0.25, -0.2) is 0 Å². The molecule has 1 heterocycles. The number of allylic oxidation sites excluding steroid dienone is 2. The van der Waals surface area contributed by atoms with Gasteiger partial charge in [0, 0.05) is 12.5 Å². The van der Waals surface area contributed by atoms with Crippen molar-refractivity contribution in [3.8, 4) is 17.2 Å². The smallest absolute Gasteiger partial charge is 0.223 e. The van der Waals surface area contributed by atoms with Crippen molar-refractivity contribution in [1.29, 1.82) is 0 Å². The zero-order chi connectivity index (χ0) is 20.1. The van der Waals surface area contributed by atoms with E-state index < -0.39 is 0 Å². The van der Waals surface area contributed by atoms with Crippen LogP contribution in [0.1, 0.15) is 31.2 Å². The van der Waals surface area contributed by atoms with Gasteiger partial charge in [0.05, 0.1) is 33.9 Å². The molecule has 2 fully saturated rings. The molecule has 0 amide bonds. The molecule has 2 bridgehead atoms. The summed E-state index contributed by atoms with van der Waals surface area (Å²) in [6.45, 7) is 2.21. The highest BCUT2D eigenvalue weighted by molar-refractivity contribution is 6.04. The quantitative estimate of drug-likeness (QED) is 0.770. The Hall–Kier alpha value is -2.63. The van der Waals surface area contributed by atoms with Crippen LogP contribution in [-0.4, -0.2) is 40.3 Å². The van der Waals surface area contributed by atoms with E-state index in [1.807, 2.05) is 18.2 Å². The molecule has 6 nitrogen and oxygen atoms in total. The fourth-order valence-electron chi connectivity index (χ4n) is 5.02. The van der Waals surface area contributed by atoms with E-state index in [9.17, 15) is 4.79 Å². The van der Waals surface area contributed by atoms with Gasteiger partial charge in [0.15, 0.2) is 17.3 Å². The molecule has 4 atom stereocenters. The molecular weight excluding hydrogens is 360 g/mol. The minimum atomic E-state index is -0.326. The number of methoxy groups -OCH3 is 4. The van der Waals surface area contributed by atoms with Crippen LogP contribution in [0.4, 0.5) is 0 Å². The Labute approximate surface area is 165 Å². The molecule has 0 aromatic heterocycles. The third-order valence-corrected chi connectivity index (χ3v) is 6.48. The van der Waals surface area contributed by atoms with Crippen LogP contribution in [0.5, 0.6) is 17.2 Å². The number of hydrogen-bond donors (Lipinski definition) is 0. The normalized spacial score (nSPS) is 30.6. The van der Waals surface area contributed by atoms with E-state index in [0.717, 1.165) is 24.2 Å². The molecule has 3 unspecified atom stereocenters. The molecule has 0 N–H and O–H groups in total. The van der Waals surface area contributed by atoms with Crippen LogP contribution in [0.2, 0.25) is 0 Å². The van der Waals surface area contributed by atoms with Crippen LogP contribution >= 0.6 is 0 Å². The van der Waals surface area contributed by atoms with Crippen molar-refractivity contribution < 1.29 is 28.5 Å². The Kier molecular flexibility index (Phi) is 4.52. The summed E-state index contributed by atoms with van der Waals surface area (Å²) in [6.07, 6.45) is 5.36. The molecule has 2 aliphatic carbocycles. The molecule has 3 aliphatic rings. The van der Waals surface area contributed by atoms with Crippen LogP contribution in [0.3, 0.4) is 0 Å². The predicted molar refractivity (Wildman–Crippen MR) is 103 cm³/mol. The van der Waals surface area contributed by atoms with Gasteiger partial charge in [-0.15, -0.1) is 0 Å². The van der Waals surface area contributed by atoms with E-state index in [0.29, 0.717) is 23.0 Å². The molecule has 4 rings (SSSR count). The highest BCUT2D eigenvalue weighted by atomic mass is 16.5. The number of carbonyl (C=O) groups excluding carboxylic acids is 1. The second-order valence-corrected chi connectivity index (χ2v) is 7.66. The number of ether oxygens (including phenoxy) is 5. The molecule has 6 heteroatoms. The average molecular weight is 386 g/mol. The third kappa shape index (κ3) is 2.58. The first-order chi connectivity index (χ1) is 13.5. The summed E-state index contributed by atoms with van der Waals surface area (Å²) < 4.78 is 28.1. The lowest BCUT2D eigenvalue weighted by molar-refractivity contribution is -0.114. The second-order valence-electron chi connectivity index (χ2n) is 7.66. The van der Waals surface area contributed by atoms with Crippen LogP contribution in [-0.2, 0) is 14.3 Å². The van der Waals surface area contributed by atoms with Crippen LogP contribution in [0.25, 0.3) is 0 Å². The fraction of sp³-hybridized carbons (Fsp3) is 0.500. The first-order valence-corrected chi connectivity index (χ1v) is 9.47. The van der Waals surface area contributed by atoms with E-state index in [1.54, 1.807) is 27.4 Å². The molecule has 1 aliphatic heterocycles. The minimum absolute atomic E-state index is 0.0618. The lowest BCUT2D eigenvalue weighted by atomic mass is 9.59. The Bertz CT molecular complexity index is 845. The van der Waals surface area contributed by atoms with Crippen molar-refractivity contribution in [2.75, 3.05) is 28.4 Å². The summed E-state index contributed by atoms with van der Waals surface area (Å²) in [7, 11) is 6.39. The summed E-state index contributed by atoms with van der Waals surface area (Å²) >= 11 is 0. The molecular formula is C22H26O6. The lowest BCUT2D eigenvalue weighted by Gasteiger charge is -2.41. The Balaban J connectivity index is 1.79. The standard InChI is InChI=1S/C22H26O6/c1-12-15(13-6-17(24-2)21(27-5)18(7-13)25-3)8-14-10-22(12)11-19(26-4)16(23)9-20(22)28-14/h6-7,9,11-12,14-15H,8,10H2,1-5H3/t12?,14?,15?,22-/m1/s1. The van der Waals surface area contributed by atoms with E-state index in [2.05, 4.69) is 6.92 Å². The maximum Gasteiger partial charge on any atom is 0.223 e. The number of fused-ring (bicyclic) bond motifs is 1. The van der Waals surface area contributed by atoms with E-state index in [-0.39, 0.29) is 29.1 Å². The van der Waals surface area contributed by atoms with Gasteiger partial charge < -0.3 is 23.7 Å². The second kappa shape index (κ2) is 6.76. The summed E-state index contributed by atoms with van der Waals surface area (Å²) in [5.41, 5.74) is 0.785. The van der Waals surface area contributed by atoms with Crippen molar-refractivity contribution in [2.24, 2.45) is 11.3 Å². The van der Waals surface area contributed by atoms with Crippen LogP contribution < -0.4 is 14.2 Å².